The van der Waals surface area contributed by atoms with Gasteiger partial charge in [0.2, 0.25) is 0 Å². The number of aromatic nitrogens is 3. The SMILES string of the molecule is C[C@@H]1CN(C(=O)C(=N)c2c(N)ccc3nc(-c4c[nH]nc4C(F)(F)F)c4c(c23)CCCC4)CCO1. The zero-order valence-corrected chi connectivity index (χ0v) is 19.1. The van der Waals surface area contributed by atoms with Gasteiger partial charge in [0.25, 0.3) is 5.91 Å². The van der Waals surface area contributed by atoms with Crippen LogP contribution in [0.25, 0.3) is 22.2 Å². The lowest BCUT2D eigenvalue weighted by Gasteiger charge is -2.31. The Labute approximate surface area is 199 Å². The van der Waals surface area contributed by atoms with Gasteiger partial charge in [0.1, 0.15) is 5.71 Å². The Hall–Kier alpha value is -3.47. The number of hydrogen-bond acceptors (Lipinski definition) is 6. The molecular formula is C24H25F3N6O2. The summed E-state index contributed by atoms with van der Waals surface area (Å²) < 4.78 is 46.4. The molecule has 0 bridgehead atoms. The standard InChI is InChI=1S/C24H25F3N6O2/c1-12-11-33(8-9-35-12)23(34)20(29)19-16(28)6-7-17-18(19)13-4-2-3-5-14(13)21(31-17)15-10-30-32-22(15)24(25,26)27/h6-7,10,12,29H,2-5,8-9,11,28H2,1H3,(H,30,32)/t12-/m1/s1. The third-order valence-corrected chi connectivity index (χ3v) is 6.66. The van der Waals surface area contributed by atoms with E-state index in [2.05, 4.69) is 15.2 Å². The monoisotopic (exact) mass is 486 g/mol. The molecule has 0 spiro atoms. The Morgan fingerprint density at radius 2 is 2.00 bits per heavy atom. The number of ether oxygens (including phenoxy) is 1. The Morgan fingerprint density at radius 1 is 1.26 bits per heavy atom. The van der Waals surface area contributed by atoms with Crippen LogP contribution in [0.4, 0.5) is 18.9 Å². The highest BCUT2D eigenvalue weighted by atomic mass is 19.4. The third kappa shape index (κ3) is 4.03. The van der Waals surface area contributed by atoms with Gasteiger partial charge in [-0.3, -0.25) is 15.3 Å². The van der Waals surface area contributed by atoms with Gasteiger partial charge in [0, 0.05) is 35.9 Å². The molecule has 3 heterocycles. The maximum atomic E-state index is 13.6. The molecule has 0 radical (unpaired) electrons. The minimum absolute atomic E-state index is 0.107. The Kier molecular flexibility index (Phi) is 5.74. The van der Waals surface area contributed by atoms with E-state index in [1.807, 2.05) is 6.92 Å². The number of nitrogens with two attached hydrogens (primary N) is 1. The molecule has 1 amide bonds. The first-order chi connectivity index (χ1) is 16.7. The number of fused-ring (bicyclic) bond motifs is 3. The lowest BCUT2D eigenvalue weighted by atomic mass is 9.84. The van der Waals surface area contributed by atoms with Crippen LogP contribution in [-0.4, -0.2) is 57.5 Å². The molecule has 1 aromatic carbocycles. The van der Waals surface area contributed by atoms with E-state index in [0.29, 0.717) is 49.0 Å². The Balaban J connectivity index is 1.69. The van der Waals surface area contributed by atoms with Gasteiger partial charge in [-0.05, 0) is 55.9 Å². The molecular weight excluding hydrogens is 461 g/mol. The van der Waals surface area contributed by atoms with E-state index >= 15 is 0 Å². The second-order valence-electron chi connectivity index (χ2n) is 9.00. The van der Waals surface area contributed by atoms with Gasteiger partial charge in [-0.25, -0.2) is 4.98 Å². The van der Waals surface area contributed by atoms with Crippen molar-refractivity contribution >= 4 is 28.2 Å². The number of nitrogens with one attached hydrogen (secondary N) is 2. The Morgan fingerprint density at radius 3 is 2.71 bits per heavy atom. The van der Waals surface area contributed by atoms with Gasteiger partial charge >= 0.3 is 6.18 Å². The number of nitrogens with zero attached hydrogens (tertiary/aromatic N) is 3. The lowest BCUT2D eigenvalue weighted by Crippen LogP contribution is -2.47. The van der Waals surface area contributed by atoms with Gasteiger partial charge in [-0.2, -0.15) is 18.3 Å². The Bertz CT molecular complexity index is 1330. The minimum atomic E-state index is -4.64. The van der Waals surface area contributed by atoms with Crippen molar-refractivity contribution in [3.8, 4) is 11.3 Å². The fraction of sp³-hybridized carbons (Fsp3) is 0.417. The molecule has 5 rings (SSSR count). The summed E-state index contributed by atoms with van der Waals surface area (Å²) in [6, 6.07) is 3.18. The number of benzene rings is 1. The molecule has 11 heteroatoms. The molecule has 1 saturated heterocycles. The summed E-state index contributed by atoms with van der Waals surface area (Å²) in [4.78, 5) is 19.4. The zero-order chi connectivity index (χ0) is 24.9. The third-order valence-electron chi connectivity index (χ3n) is 6.66. The van der Waals surface area contributed by atoms with Crippen molar-refractivity contribution in [2.45, 2.75) is 44.9 Å². The number of carbonyl (C=O) groups is 1. The topological polar surface area (TPSA) is 121 Å². The molecule has 1 atom stereocenters. The molecule has 1 aliphatic heterocycles. The summed E-state index contributed by atoms with van der Waals surface area (Å²) in [5.41, 5.74) is 7.58. The first kappa shape index (κ1) is 23.3. The van der Waals surface area contributed by atoms with Crippen LogP contribution < -0.4 is 5.73 Å². The zero-order valence-electron chi connectivity index (χ0n) is 19.1. The number of morpholine rings is 1. The molecule has 8 nitrogen and oxygen atoms in total. The van der Waals surface area contributed by atoms with E-state index in [4.69, 9.17) is 15.9 Å². The smallest absolute Gasteiger partial charge is 0.398 e. The van der Waals surface area contributed by atoms with Crippen molar-refractivity contribution in [1.29, 1.82) is 5.41 Å². The average molecular weight is 486 g/mol. The largest absolute Gasteiger partial charge is 0.435 e. The van der Waals surface area contributed by atoms with Gasteiger partial charge < -0.3 is 15.4 Å². The minimum Gasteiger partial charge on any atom is -0.398 e. The van der Waals surface area contributed by atoms with Gasteiger partial charge in [-0.1, -0.05) is 0 Å². The van der Waals surface area contributed by atoms with Crippen LogP contribution >= 0.6 is 0 Å². The number of rotatable bonds is 3. The van der Waals surface area contributed by atoms with Crippen LogP contribution in [0.5, 0.6) is 0 Å². The summed E-state index contributed by atoms with van der Waals surface area (Å²) >= 11 is 0. The fourth-order valence-corrected chi connectivity index (χ4v) is 5.08. The number of amides is 1. The molecule has 1 fully saturated rings. The van der Waals surface area contributed by atoms with Crippen molar-refractivity contribution in [3.05, 3.63) is 40.7 Å². The fourth-order valence-electron chi connectivity index (χ4n) is 5.08. The van der Waals surface area contributed by atoms with E-state index in [1.165, 1.54) is 6.20 Å². The number of aryl methyl sites for hydroxylation is 1. The van der Waals surface area contributed by atoms with E-state index in [0.717, 1.165) is 18.4 Å². The maximum absolute atomic E-state index is 13.6. The van der Waals surface area contributed by atoms with Crippen LogP contribution in [0.1, 0.15) is 42.1 Å². The molecule has 0 saturated carbocycles. The number of halogens is 3. The number of anilines is 1. The highest BCUT2D eigenvalue weighted by molar-refractivity contribution is 6.47. The van der Waals surface area contributed by atoms with Crippen LogP contribution in [0.15, 0.2) is 18.3 Å². The summed E-state index contributed by atoms with van der Waals surface area (Å²) in [7, 11) is 0. The van der Waals surface area contributed by atoms with Gasteiger partial charge in [0.15, 0.2) is 5.69 Å². The molecule has 0 unspecified atom stereocenters. The van der Waals surface area contributed by atoms with Crippen LogP contribution in [0.3, 0.4) is 0 Å². The number of H-pyrrole nitrogens is 1. The van der Waals surface area contributed by atoms with Crippen molar-refractivity contribution < 1.29 is 22.7 Å². The molecule has 1 aliphatic carbocycles. The molecule has 3 aromatic rings. The molecule has 184 valence electrons. The molecule has 2 aromatic heterocycles. The number of pyridine rings is 1. The van der Waals surface area contributed by atoms with Crippen molar-refractivity contribution in [3.63, 3.8) is 0 Å². The predicted molar refractivity (Wildman–Crippen MR) is 124 cm³/mol. The normalized spacial score (nSPS) is 18.5. The predicted octanol–water partition coefficient (Wildman–Crippen LogP) is 3.72. The second-order valence-corrected chi connectivity index (χ2v) is 9.00. The number of nitrogen functional groups attached to an aromatic ring is 1. The highest BCUT2D eigenvalue weighted by Crippen LogP contribution is 2.41. The van der Waals surface area contributed by atoms with Gasteiger partial charge in [-0.15, -0.1) is 0 Å². The summed E-state index contributed by atoms with van der Waals surface area (Å²) in [6.07, 6.45) is -0.801. The van der Waals surface area contributed by atoms with Crippen molar-refractivity contribution in [2.75, 3.05) is 25.4 Å². The van der Waals surface area contributed by atoms with E-state index < -0.39 is 17.8 Å². The lowest BCUT2D eigenvalue weighted by molar-refractivity contribution is -0.140. The van der Waals surface area contributed by atoms with E-state index in [1.54, 1.807) is 17.0 Å². The summed E-state index contributed by atoms with van der Waals surface area (Å²) in [5.74, 6) is -0.456. The van der Waals surface area contributed by atoms with Crippen LogP contribution in [-0.2, 0) is 28.5 Å². The van der Waals surface area contributed by atoms with E-state index in [-0.39, 0.29) is 34.3 Å². The number of hydrogen-bond donors (Lipinski definition) is 3. The number of carbonyl (C=O) groups excluding carboxylic acids is 1. The molecule has 35 heavy (non-hydrogen) atoms. The first-order valence-corrected chi connectivity index (χ1v) is 11.5. The molecule has 2 aliphatic rings. The van der Waals surface area contributed by atoms with Crippen molar-refractivity contribution in [2.24, 2.45) is 0 Å². The maximum Gasteiger partial charge on any atom is 0.435 e. The highest BCUT2D eigenvalue weighted by Gasteiger charge is 2.38. The average Bonchev–Trinajstić information content (AvgIpc) is 3.33. The summed E-state index contributed by atoms with van der Waals surface area (Å²) in [5, 5.41) is 15.1. The first-order valence-electron chi connectivity index (χ1n) is 11.5. The number of alkyl halides is 3. The van der Waals surface area contributed by atoms with E-state index in [9.17, 15) is 18.0 Å². The van der Waals surface area contributed by atoms with Crippen LogP contribution in [0, 0.1) is 5.41 Å². The second kappa shape index (κ2) is 8.63. The van der Waals surface area contributed by atoms with Crippen molar-refractivity contribution in [1.82, 2.24) is 20.1 Å². The number of aromatic amines is 1. The van der Waals surface area contributed by atoms with Gasteiger partial charge in [0.05, 0.1) is 29.5 Å². The van der Waals surface area contributed by atoms with Crippen LogP contribution in [0.2, 0.25) is 0 Å². The molecule has 4 N–H and O–H groups in total. The summed E-state index contributed by atoms with van der Waals surface area (Å²) in [6.45, 7) is 2.99. The quantitative estimate of drug-likeness (QED) is 0.385.